The zero-order valence-electron chi connectivity index (χ0n) is 12.8. The molecule has 112 valence electrons. The van der Waals surface area contributed by atoms with E-state index in [9.17, 15) is 5.11 Å². The van der Waals surface area contributed by atoms with Crippen molar-refractivity contribution in [2.45, 2.75) is 12.6 Å². The summed E-state index contributed by atoms with van der Waals surface area (Å²) < 4.78 is 6.33. The van der Waals surface area contributed by atoms with Crippen LogP contribution in [0.25, 0.3) is 0 Å². The van der Waals surface area contributed by atoms with E-state index >= 15 is 0 Å². The summed E-state index contributed by atoms with van der Waals surface area (Å²) in [4.78, 5) is 0. The van der Waals surface area contributed by atoms with Gasteiger partial charge >= 0.3 is 0 Å². The van der Waals surface area contributed by atoms with Gasteiger partial charge in [-0.25, -0.2) is 0 Å². The number of ether oxygens (including phenoxy) is 1. The van der Waals surface area contributed by atoms with Gasteiger partial charge in [0.1, 0.15) is 31.5 Å². The van der Waals surface area contributed by atoms with E-state index in [4.69, 9.17) is 4.74 Å². The molecule has 21 heavy (non-hydrogen) atoms. The standard InChI is InChI=1S/C18H24NO2/c1-19(2,13-16-9-5-3-6-10-16)14-17(20)15-21-18-11-7-4-8-12-18/h3-12,17,20H,13-15H2,1-2H3/q+1. The maximum Gasteiger partial charge on any atom is 0.137 e. The van der Waals surface area contributed by atoms with Gasteiger partial charge in [0.2, 0.25) is 0 Å². The number of hydrogen-bond donors (Lipinski definition) is 1. The molecule has 0 aliphatic carbocycles. The maximum atomic E-state index is 10.2. The summed E-state index contributed by atoms with van der Waals surface area (Å²) in [6, 6.07) is 19.9. The second-order valence-corrected chi connectivity index (χ2v) is 6.04. The van der Waals surface area contributed by atoms with Crippen molar-refractivity contribution in [1.82, 2.24) is 0 Å². The third-order valence-corrected chi connectivity index (χ3v) is 3.34. The van der Waals surface area contributed by atoms with Crippen LogP contribution in [0.1, 0.15) is 5.56 Å². The van der Waals surface area contributed by atoms with Crippen molar-refractivity contribution < 1.29 is 14.3 Å². The number of aliphatic hydroxyl groups is 1. The van der Waals surface area contributed by atoms with Crippen LogP contribution in [0, 0.1) is 0 Å². The van der Waals surface area contributed by atoms with Crippen LogP contribution in [0.5, 0.6) is 5.75 Å². The second-order valence-electron chi connectivity index (χ2n) is 6.04. The van der Waals surface area contributed by atoms with Gasteiger partial charge in [-0.05, 0) is 12.1 Å². The topological polar surface area (TPSA) is 29.5 Å². The van der Waals surface area contributed by atoms with Crippen LogP contribution in [0.2, 0.25) is 0 Å². The maximum absolute atomic E-state index is 10.2. The van der Waals surface area contributed by atoms with Gasteiger partial charge in [0.25, 0.3) is 0 Å². The van der Waals surface area contributed by atoms with Crippen LogP contribution in [0.3, 0.4) is 0 Å². The van der Waals surface area contributed by atoms with E-state index in [0.29, 0.717) is 13.2 Å². The van der Waals surface area contributed by atoms with Crippen molar-refractivity contribution in [3.05, 3.63) is 66.2 Å². The average Bonchev–Trinajstić information content (AvgIpc) is 2.46. The second kappa shape index (κ2) is 7.25. The Morgan fingerprint density at radius 2 is 1.52 bits per heavy atom. The summed E-state index contributed by atoms with van der Waals surface area (Å²) in [7, 11) is 4.25. The third kappa shape index (κ3) is 5.58. The number of hydrogen-bond acceptors (Lipinski definition) is 2. The van der Waals surface area contributed by atoms with Gasteiger partial charge in [-0.3, -0.25) is 0 Å². The van der Waals surface area contributed by atoms with Crippen molar-refractivity contribution in [2.75, 3.05) is 27.2 Å². The summed E-state index contributed by atoms with van der Waals surface area (Å²) in [6.07, 6.45) is -0.482. The molecule has 3 heteroatoms. The van der Waals surface area contributed by atoms with E-state index < -0.39 is 6.10 Å². The Morgan fingerprint density at radius 1 is 0.952 bits per heavy atom. The molecule has 2 aromatic carbocycles. The minimum absolute atomic E-state index is 0.320. The lowest BCUT2D eigenvalue weighted by molar-refractivity contribution is -0.906. The Morgan fingerprint density at radius 3 is 2.14 bits per heavy atom. The molecular weight excluding hydrogens is 262 g/mol. The fourth-order valence-corrected chi connectivity index (χ4v) is 2.47. The molecule has 0 amide bonds. The van der Waals surface area contributed by atoms with Crippen molar-refractivity contribution in [3.63, 3.8) is 0 Å². The zero-order chi connectivity index (χ0) is 15.1. The Hall–Kier alpha value is -1.84. The number of benzene rings is 2. The van der Waals surface area contributed by atoms with E-state index in [0.717, 1.165) is 16.8 Å². The molecule has 0 aliphatic heterocycles. The van der Waals surface area contributed by atoms with Crippen LogP contribution in [-0.4, -0.2) is 42.9 Å². The number of likely N-dealkylation sites (N-methyl/N-ethyl adjacent to an activating group) is 1. The van der Waals surface area contributed by atoms with Crippen LogP contribution < -0.4 is 4.74 Å². The molecule has 0 aliphatic rings. The van der Waals surface area contributed by atoms with Gasteiger partial charge < -0.3 is 14.3 Å². The monoisotopic (exact) mass is 286 g/mol. The number of para-hydroxylation sites is 1. The predicted molar refractivity (Wildman–Crippen MR) is 85.1 cm³/mol. The zero-order valence-corrected chi connectivity index (χ0v) is 12.8. The molecule has 1 unspecified atom stereocenters. The van der Waals surface area contributed by atoms with Crippen LogP contribution in [0.4, 0.5) is 0 Å². The minimum atomic E-state index is -0.482. The Bertz CT molecular complexity index is 525. The molecule has 2 aromatic rings. The summed E-state index contributed by atoms with van der Waals surface area (Å²) in [5.41, 5.74) is 1.28. The van der Waals surface area contributed by atoms with Gasteiger partial charge in [0.05, 0.1) is 14.1 Å². The first-order chi connectivity index (χ1) is 10.1. The third-order valence-electron chi connectivity index (χ3n) is 3.34. The number of rotatable bonds is 7. The molecule has 0 saturated heterocycles. The number of nitrogens with zero attached hydrogens (tertiary/aromatic N) is 1. The first kappa shape index (κ1) is 15.5. The molecule has 1 atom stereocenters. The fourth-order valence-electron chi connectivity index (χ4n) is 2.47. The number of quaternary nitrogens is 1. The predicted octanol–water partition coefficient (Wildman–Crippen LogP) is 2.70. The minimum Gasteiger partial charge on any atom is -0.491 e. The lowest BCUT2D eigenvalue weighted by Crippen LogP contribution is -2.46. The molecular formula is C18H24NO2+. The highest BCUT2D eigenvalue weighted by Crippen LogP contribution is 2.12. The molecule has 0 bridgehead atoms. The SMILES string of the molecule is C[N+](C)(Cc1ccccc1)CC(O)COc1ccccc1. The molecule has 0 fully saturated rings. The number of aliphatic hydroxyl groups excluding tert-OH is 1. The molecule has 1 N–H and O–H groups in total. The Balaban J connectivity index is 1.82. The van der Waals surface area contributed by atoms with Gasteiger partial charge in [-0.2, -0.15) is 0 Å². The first-order valence-corrected chi connectivity index (χ1v) is 7.27. The van der Waals surface area contributed by atoms with E-state index in [1.807, 2.05) is 48.5 Å². The molecule has 0 radical (unpaired) electrons. The van der Waals surface area contributed by atoms with E-state index in [1.165, 1.54) is 5.56 Å². The van der Waals surface area contributed by atoms with Crippen LogP contribution >= 0.6 is 0 Å². The highest BCUT2D eigenvalue weighted by molar-refractivity contribution is 5.20. The van der Waals surface area contributed by atoms with Crippen molar-refractivity contribution in [3.8, 4) is 5.75 Å². The molecule has 0 heterocycles. The Labute approximate surface area is 127 Å². The molecule has 0 aromatic heterocycles. The Kier molecular flexibility index (Phi) is 5.37. The van der Waals surface area contributed by atoms with Crippen LogP contribution in [0.15, 0.2) is 60.7 Å². The van der Waals surface area contributed by atoms with Gasteiger partial charge in [0.15, 0.2) is 0 Å². The first-order valence-electron chi connectivity index (χ1n) is 7.27. The average molecular weight is 286 g/mol. The molecule has 0 spiro atoms. The molecule has 2 rings (SSSR count). The van der Waals surface area contributed by atoms with Gasteiger partial charge in [-0.1, -0.05) is 48.5 Å². The fraction of sp³-hybridized carbons (Fsp3) is 0.333. The largest absolute Gasteiger partial charge is 0.491 e. The van der Waals surface area contributed by atoms with E-state index in [2.05, 4.69) is 26.2 Å². The van der Waals surface area contributed by atoms with Gasteiger partial charge in [0, 0.05) is 5.56 Å². The summed E-state index contributed by atoms with van der Waals surface area (Å²) in [5.74, 6) is 0.796. The lowest BCUT2D eigenvalue weighted by Gasteiger charge is -2.31. The molecule has 0 saturated carbocycles. The van der Waals surface area contributed by atoms with Crippen molar-refractivity contribution in [2.24, 2.45) is 0 Å². The van der Waals surface area contributed by atoms with E-state index in [-0.39, 0.29) is 0 Å². The van der Waals surface area contributed by atoms with E-state index in [1.54, 1.807) is 0 Å². The highest BCUT2D eigenvalue weighted by atomic mass is 16.5. The highest BCUT2D eigenvalue weighted by Gasteiger charge is 2.21. The summed E-state index contributed by atoms with van der Waals surface area (Å²) in [5, 5.41) is 10.2. The normalized spacial score (nSPS) is 12.9. The van der Waals surface area contributed by atoms with Crippen LogP contribution in [-0.2, 0) is 6.54 Å². The van der Waals surface area contributed by atoms with Gasteiger partial charge in [-0.15, -0.1) is 0 Å². The smallest absolute Gasteiger partial charge is 0.137 e. The summed E-state index contributed by atoms with van der Waals surface area (Å²) >= 11 is 0. The summed E-state index contributed by atoms with van der Waals surface area (Å²) in [6.45, 7) is 1.87. The molecule has 3 nitrogen and oxygen atoms in total. The van der Waals surface area contributed by atoms with Crippen molar-refractivity contribution in [1.29, 1.82) is 0 Å². The lowest BCUT2D eigenvalue weighted by atomic mass is 10.2. The quantitative estimate of drug-likeness (QED) is 0.793. The van der Waals surface area contributed by atoms with Crippen molar-refractivity contribution >= 4 is 0 Å².